The second kappa shape index (κ2) is 5.07. The maximum absolute atomic E-state index is 3.48. The summed E-state index contributed by atoms with van der Waals surface area (Å²) in [6, 6.07) is 15.5. The lowest BCUT2D eigenvalue weighted by Gasteiger charge is -2.07. The molecule has 0 saturated heterocycles. The summed E-state index contributed by atoms with van der Waals surface area (Å²) in [7, 11) is 0. The minimum atomic E-state index is 1.03. The molecule has 0 spiro atoms. The van der Waals surface area contributed by atoms with Crippen molar-refractivity contribution < 1.29 is 0 Å². The van der Waals surface area contributed by atoms with E-state index in [-0.39, 0.29) is 0 Å². The van der Waals surface area contributed by atoms with Crippen molar-refractivity contribution in [3.63, 3.8) is 0 Å². The summed E-state index contributed by atoms with van der Waals surface area (Å²) in [5.74, 6) is 1.15. The molecule has 0 radical (unpaired) electrons. The van der Waals surface area contributed by atoms with Crippen molar-refractivity contribution in [2.24, 2.45) is 0 Å². The Kier molecular flexibility index (Phi) is 3.28. The van der Waals surface area contributed by atoms with Gasteiger partial charge in [0.15, 0.2) is 0 Å². The maximum atomic E-state index is 3.48. The van der Waals surface area contributed by atoms with Crippen LogP contribution in [0.5, 0.6) is 0 Å². The van der Waals surface area contributed by atoms with E-state index in [0.717, 1.165) is 18.7 Å². The van der Waals surface area contributed by atoms with Gasteiger partial charge in [-0.2, -0.15) is 11.8 Å². The lowest BCUT2D eigenvalue weighted by atomic mass is 10.1. The lowest BCUT2D eigenvalue weighted by molar-refractivity contribution is 1.21. The molecule has 0 amide bonds. The van der Waals surface area contributed by atoms with Crippen molar-refractivity contribution in [3.05, 3.63) is 53.6 Å². The third-order valence-corrected chi connectivity index (χ3v) is 4.04. The Morgan fingerprint density at radius 1 is 1.06 bits per heavy atom. The molecule has 2 heteroatoms. The Balaban J connectivity index is 1.84. The standard InChI is InChI=1S/C16H17NS/c1-18-9-8-17-14-6-7-16-13(11-14)10-12-4-2-3-5-15(12)16/h2-7,11,17H,8-10H2,1H3. The van der Waals surface area contributed by atoms with Gasteiger partial charge in [0, 0.05) is 18.0 Å². The van der Waals surface area contributed by atoms with Gasteiger partial charge in [0.1, 0.15) is 0 Å². The number of hydrogen-bond donors (Lipinski definition) is 1. The lowest BCUT2D eigenvalue weighted by Crippen LogP contribution is -2.03. The van der Waals surface area contributed by atoms with Gasteiger partial charge in [-0.15, -0.1) is 0 Å². The van der Waals surface area contributed by atoms with Crippen LogP contribution in [0.1, 0.15) is 11.1 Å². The second-order valence-electron chi connectivity index (χ2n) is 4.63. The normalized spacial score (nSPS) is 12.1. The summed E-state index contributed by atoms with van der Waals surface area (Å²) in [6.45, 7) is 1.03. The minimum Gasteiger partial charge on any atom is -0.384 e. The molecular weight excluding hydrogens is 238 g/mol. The Morgan fingerprint density at radius 3 is 2.78 bits per heavy atom. The van der Waals surface area contributed by atoms with Crippen molar-refractivity contribution >= 4 is 17.4 Å². The third kappa shape index (κ3) is 2.13. The molecule has 0 fully saturated rings. The van der Waals surface area contributed by atoms with E-state index in [1.165, 1.54) is 27.9 Å². The van der Waals surface area contributed by atoms with E-state index in [2.05, 4.69) is 54.0 Å². The largest absolute Gasteiger partial charge is 0.384 e. The van der Waals surface area contributed by atoms with Crippen LogP contribution in [0, 0.1) is 0 Å². The molecule has 1 N–H and O–H groups in total. The van der Waals surface area contributed by atoms with Gasteiger partial charge in [0.05, 0.1) is 0 Å². The Labute approximate surface area is 113 Å². The Bertz CT molecular complexity index is 563. The van der Waals surface area contributed by atoms with Gasteiger partial charge in [-0.3, -0.25) is 0 Å². The zero-order chi connectivity index (χ0) is 12.4. The molecule has 0 saturated carbocycles. The Hall–Kier alpha value is -1.41. The predicted octanol–water partition coefficient (Wildman–Crippen LogP) is 4.03. The first kappa shape index (κ1) is 11.7. The molecule has 0 atom stereocenters. The van der Waals surface area contributed by atoms with Crippen molar-refractivity contribution in [2.45, 2.75) is 6.42 Å². The van der Waals surface area contributed by atoms with Crippen molar-refractivity contribution in [1.29, 1.82) is 0 Å². The van der Waals surface area contributed by atoms with Crippen molar-refractivity contribution in [1.82, 2.24) is 0 Å². The molecule has 0 aliphatic heterocycles. The first-order valence-corrected chi connectivity index (χ1v) is 7.72. The van der Waals surface area contributed by atoms with E-state index in [4.69, 9.17) is 0 Å². The fourth-order valence-corrected chi connectivity index (χ4v) is 2.86. The van der Waals surface area contributed by atoms with E-state index in [1.807, 2.05) is 11.8 Å². The van der Waals surface area contributed by atoms with Crippen LogP contribution >= 0.6 is 11.8 Å². The zero-order valence-corrected chi connectivity index (χ0v) is 11.4. The number of anilines is 1. The van der Waals surface area contributed by atoms with Gasteiger partial charge >= 0.3 is 0 Å². The number of thioether (sulfide) groups is 1. The average Bonchev–Trinajstić information content (AvgIpc) is 2.76. The zero-order valence-electron chi connectivity index (χ0n) is 10.6. The molecule has 1 nitrogen and oxygen atoms in total. The van der Waals surface area contributed by atoms with Gasteiger partial charge in [0.2, 0.25) is 0 Å². The second-order valence-corrected chi connectivity index (χ2v) is 5.61. The Morgan fingerprint density at radius 2 is 1.89 bits per heavy atom. The fourth-order valence-electron chi connectivity index (χ4n) is 2.55. The van der Waals surface area contributed by atoms with Crippen LogP contribution in [0.2, 0.25) is 0 Å². The molecule has 18 heavy (non-hydrogen) atoms. The monoisotopic (exact) mass is 255 g/mol. The van der Waals surface area contributed by atoms with Gasteiger partial charge in [0.25, 0.3) is 0 Å². The molecular formula is C16H17NS. The highest BCUT2D eigenvalue weighted by Gasteiger charge is 2.17. The number of rotatable bonds is 4. The van der Waals surface area contributed by atoms with Crippen LogP contribution in [0.25, 0.3) is 11.1 Å². The van der Waals surface area contributed by atoms with Crippen LogP contribution in [-0.2, 0) is 6.42 Å². The highest BCUT2D eigenvalue weighted by Crippen LogP contribution is 2.37. The third-order valence-electron chi connectivity index (χ3n) is 3.43. The number of hydrogen-bond acceptors (Lipinski definition) is 2. The minimum absolute atomic E-state index is 1.03. The van der Waals surface area contributed by atoms with Gasteiger partial charge < -0.3 is 5.32 Å². The van der Waals surface area contributed by atoms with E-state index in [9.17, 15) is 0 Å². The average molecular weight is 255 g/mol. The van der Waals surface area contributed by atoms with E-state index in [0.29, 0.717) is 0 Å². The first-order chi connectivity index (χ1) is 8.88. The molecule has 3 rings (SSSR count). The summed E-state index contributed by atoms with van der Waals surface area (Å²) in [6.07, 6.45) is 3.21. The molecule has 2 aromatic carbocycles. The van der Waals surface area contributed by atoms with Gasteiger partial charge in [-0.05, 0) is 47.1 Å². The summed E-state index contributed by atoms with van der Waals surface area (Å²) in [5.41, 5.74) is 6.96. The van der Waals surface area contributed by atoms with Crippen LogP contribution in [0.4, 0.5) is 5.69 Å². The topological polar surface area (TPSA) is 12.0 Å². The van der Waals surface area contributed by atoms with Crippen molar-refractivity contribution in [2.75, 3.05) is 23.9 Å². The SMILES string of the molecule is CSCCNc1ccc2c(c1)Cc1ccccc1-2. The summed E-state index contributed by atoms with van der Waals surface area (Å²) in [5, 5.41) is 3.48. The van der Waals surface area contributed by atoms with Crippen LogP contribution in [0.15, 0.2) is 42.5 Å². The molecule has 0 heterocycles. The number of benzene rings is 2. The first-order valence-electron chi connectivity index (χ1n) is 6.32. The highest BCUT2D eigenvalue weighted by atomic mass is 32.2. The molecule has 1 aliphatic carbocycles. The fraction of sp³-hybridized carbons (Fsp3) is 0.250. The van der Waals surface area contributed by atoms with Gasteiger partial charge in [-0.25, -0.2) is 0 Å². The summed E-state index contributed by atoms with van der Waals surface area (Å²) < 4.78 is 0. The molecule has 0 bridgehead atoms. The van der Waals surface area contributed by atoms with Crippen LogP contribution < -0.4 is 5.32 Å². The summed E-state index contributed by atoms with van der Waals surface area (Å²) in [4.78, 5) is 0. The van der Waals surface area contributed by atoms with E-state index >= 15 is 0 Å². The molecule has 1 aliphatic rings. The van der Waals surface area contributed by atoms with Crippen molar-refractivity contribution in [3.8, 4) is 11.1 Å². The number of nitrogens with one attached hydrogen (secondary N) is 1. The number of fused-ring (bicyclic) bond motifs is 3. The molecule has 2 aromatic rings. The quantitative estimate of drug-likeness (QED) is 0.706. The van der Waals surface area contributed by atoms with E-state index in [1.54, 1.807) is 0 Å². The predicted molar refractivity (Wildman–Crippen MR) is 81.6 cm³/mol. The molecule has 0 unspecified atom stereocenters. The summed E-state index contributed by atoms with van der Waals surface area (Å²) >= 11 is 1.87. The highest BCUT2D eigenvalue weighted by molar-refractivity contribution is 7.98. The van der Waals surface area contributed by atoms with E-state index < -0.39 is 0 Å². The van der Waals surface area contributed by atoms with Crippen LogP contribution in [0.3, 0.4) is 0 Å². The van der Waals surface area contributed by atoms with Crippen LogP contribution in [-0.4, -0.2) is 18.6 Å². The smallest absolute Gasteiger partial charge is 0.0343 e. The molecule has 92 valence electrons. The maximum Gasteiger partial charge on any atom is 0.0343 e. The molecule has 0 aromatic heterocycles. The van der Waals surface area contributed by atoms with Gasteiger partial charge in [-0.1, -0.05) is 30.3 Å².